The zero-order valence-corrected chi connectivity index (χ0v) is 8.92. The van der Waals surface area contributed by atoms with Gasteiger partial charge in [-0.3, -0.25) is 4.79 Å². The second-order valence-corrected chi connectivity index (χ2v) is 4.20. The van der Waals surface area contributed by atoms with Crippen LogP contribution in [0.3, 0.4) is 0 Å². The van der Waals surface area contributed by atoms with E-state index in [-0.39, 0.29) is 6.71 Å². The standard InChI is InChI=1S/C11H16BNO/c1-9-4-3-5-11(12(2)8-13)6-10(9)7-14/h7,11H,3-6H2,1-2H3. The van der Waals surface area contributed by atoms with Gasteiger partial charge in [0, 0.05) is 5.97 Å². The highest BCUT2D eigenvalue weighted by Gasteiger charge is 2.24. The first-order valence-corrected chi connectivity index (χ1v) is 5.22. The molecule has 1 atom stereocenters. The van der Waals surface area contributed by atoms with Gasteiger partial charge in [-0.25, -0.2) is 5.26 Å². The van der Waals surface area contributed by atoms with Gasteiger partial charge in [-0.15, -0.1) is 0 Å². The van der Waals surface area contributed by atoms with Gasteiger partial charge in [-0.05, 0) is 37.6 Å². The van der Waals surface area contributed by atoms with E-state index < -0.39 is 0 Å². The van der Waals surface area contributed by atoms with Gasteiger partial charge in [0.2, 0.25) is 0 Å². The highest BCUT2D eigenvalue weighted by Crippen LogP contribution is 2.32. The second-order valence-electron chi connectivity index (χ2n) is 4.20. The average molecular weight is 189 g/mol. The van der Waals surface area contributed by atoms with Crippen LogP contribution in [0, 0.1) is 11.2 Å². The number of hydrogen-bond donors (Lipinski definition) is 0. The van der Waals surface area contributed by atoms with E-state index in [1.54, 1.807) is 0 Å². The topological polar surface area (TPSA) is 40.9 Å². The summed E-state index contributed by atoms with van der Waals surface area (Å²) in [6.45, 7) is 4.05. The van der Waals surface area contributed by atoms with Crippen molar-refractivity contribution in [2.75, 3.05) is 0 Å². The van der Waals surface area contributed by atoms with Gasteiger partial charge >= 0.3 is 0 Å². The molecule has 3 heteroatoms. The monoisotopic (exact) mass is 189 g/mol. The molecule has 0 spiro atoms. The molecule has 0 bridgehead atoms. The molecule has 0 saturated carbocycles. The summed E-state index contributed by atoms with van der Waals surface area (Å²) in [6, 6.07) is 0. The Labute approximate surface area is 86.1 Å². The van der Waals surface area contributed by atoms with Crippen LogP contribution in [0.1, 0.15) is 32.6 Å². The summed E-state index contributed by atoms with van der Waals surface area (Å²) in [4.78, 5) is 10.8. The molecule has 0 aromatic carbocycles. The fourth-order valence-corrected chi connectivity index (χ4v) is 2.03. The zero-order chi connectivity index (χ0) is 10.6. The van der Waals surface area contributed by atoms with Crippen molar-refractivity contribution in [2.24, 2.45) is 0 Å². The van der Waals surface area contributed by atoms with Gasteiger partial charge in [-0.1, -0.05) is 18.8 Å². The summed E-state index contributed by atoms with van der Waals surface area (Å²) < 4.78 is 0. The molecule has 0 aliphatic heterocycles. The summed E-state index contributed by atoms with van der Waals surface area (Å²) >= 11 is 0. The van der Waals surface area contributed by atoms with E-state index in [0.29, 0.717) is 5.82 Å². The van der Waals surface area contributed by atoms with Crippen molar-refractivity contribution >= 4 is 13.0 Å². The Hall–Kier alpha value is -1.04. The highest BCUT2D eigenvalue weighted by molar-refractivity contribution is 6.67. The molecule has 0 N–H and O–H groups in total. The van der Waals surface area contributed by atoms with E-state index in [9.17, 15) is 4.79 Å². The third kappa shape index (κ3) is 2.48. The Balaban J connectivity index is 2.77. The van der Waals surface area contributed by atoms with Crippen molar-refractivity contribution in [3.63, 3.8) is 0 Å². The summed E-state index contributed by atoms with van der Waals surface area (Å²) in [5.41, 5.74) is 2.14. The molecule has 2 nitrogen and oxygen atoms in total. The molecule has 1 rings (SSSR count). The zero-order valence-electron chi connectivity index (χ0n) is 8.92. The number of nitrogens with zero attached hydrogens (tertiary/aromatic N) is 1. The van der Waals surface area contributed by atoms with Crippen LogP contribution >= 0.6 is 0 Å². The third-order valence-corrected chi connectivity index (χ3v) is 3.21. The number of nitriles is 1. The number of allylic oxidation sites excluding steroid dienone is 2. The number of carbonyl (C=O) groups is 1. The van der Waals surface area contributed by atoms with Gasteiger partial charge < -0.3 is 0 Å². The Morgan fingerprint density at radius 2 is 2.36 bits per heavy atom. The maximum Gasteiger partial charge on any atom is 0.268 e. The van der Waals surface area contributed by atoms with Crippen molar-refractivity contribution in [3.8, 4) is 5.97 Å². The summed E-state index contributed by atoms with van der Waals surface area (Å²) in [7, 11) is 0. The van der Waals surface area contributed by atoms with Crippen molar-refractivity contribution in [1.82, 2.24) is 0 Å². The Bertz CT molecular complexity index is 290. The van der Waals surface area contributed by atoms with E-state index in [2.05, 4.69) is 5.97 Å². The smallest absolute Gasteiger partial charge is 0.268 e. The molecule has 74 valence electrons. The molecule has 0 aromatic rings. The molecule has 0 aromatic heterocycles. The van der Waals surface area contributed by atoms with Crippen LogP contribution < -0.4 is 0 Å². The van der Waals surface area contributed by atoms with Crippen LogP contribution in [-0.2, 0) is 4.79 Å². The molecule has 1 aliphatic rings. The lowest BCUT2D eigenvalue weighted by Gasteiger charge is -2.13. The third-order valence-electron chi connectivity index (χ3n) is 3.21. The number of rotatable bonds is 2. The van der Waals surface area contributed by atoms with E-state index in [1.807, 2.05) is 13.7 Å². The quantitative estimate of drug-likeness (QED) is 0.494. The average Bonchev–Trinajstić information content (AvgIpc) is 2.39. The van der Waals surface area contributed by atoms with Gasteiger partial charge in [0.25, 0.3) is 6.71 Å². The van der Waals surface area contributed by atoms with E-state index in [1.165, 1.54) is 5.57 Å². The van der Waals surface area contributed by atoms with Crippen LogP contribution in [0.15, 0.2) is 11.1 Å². The summed E-state index contributed by atoms with van der Waals surface area (Å²) in [6.07, 6.45) is 4.97. The fraction of sp³-hybridized carbons (Fsp3) is 0.636. The number of carbonyl (C=O) groups excluding carboxylic acids is 1. The SMILES string of the molecule is CB(C#N)C1CCCC(C)=C(C=O)C1. The lowest BCUT2D eigenvalue weighted by molar-refractivity contribution is -0.105. The molecule has 1 unspecified atom stereocenters. The van der Waals surface area contributed by atoms with Gasteiger partial charge in [0.15, 0.2) is 0 Å². The van der Waals surface area contributed by atoms with Gasteiger partial charge in [0.1, 0.15) is 6.29 Å². The molecule has 0 amide bonds. The maximum absolute atomic E-state index is 10.8. The Morgan fingerprint density at radius 3 is 2.93 bits per heavy atom. The molecule has 0 radical (unpaired) electrons. The molecular weight excluding hydrogens is 173 g/mol. The van der Waals surface area contributed by atoms with Crippen LogP contribution in [0.2, 0.25) is 12.6 Å². The predicted molar refractivity (Wildman–Crippen MR) is 58.2 cm³/mol. The lowest BCUT2D eigenvalue weighted by atomic mass is 9.42. The van der Waals surface area contributed by atoms with Crippen LogP contribution in [-0.4, -0.2) is 13.0 Å². The molecule has 0 saturated heterocycles. The minimum absolute atomic E-state index is 0.0656. The van der Waals surface area contributed by atoms with Crippen molar-refractivity contribution in [3.05, 3.63) is 11.1 Å². The van der Waals surface area contributed by atoms with Crippen molar-refractivity contribution in [2.45, 2.75) is 45.2 Å². The highest BCUT2D eigenvalue weighted by atomic mass is 16.1. The molecule has 1 aliphatic carbocycles. The van der Waals surface area contributed by atoms with Crippen molar-refractivity contribution < 1.29 is 4.79 Å². The Morgan fingerprint density at radius 1 is 1.64 bits per heavy atom. The minimum atomic E-state index is 0.0656. The maximum atomic E-state index is 10.8. The van der Waals surface area contributed by atoms with Gasteiger partial charge in [0.05, 0.1) is 0 Å². The van der Waals surface area contributed by atoms with E-state index >= 15 is 0 Å². The summed E-state index contributed by atoms with van der Waals surface area (Å²) in [5.74, 6) is 2.66. The molecule has 0 heterocycles. The molecule has 14 heavy (non-hydrogen) atoms. The largest absolute Gasteiger partial charge is 0.298 e. The minimum Gasteiger partial charge on any atom is -0.298 e. The second kappa shape index (κ2) is 5.00. The number of hydrogen-bond acceptors (Lipinski definition) is 2. The van der Waals surface area contributed by atoms with Crippen molar-refractivity contribution in [1.29, 1.82) is 5.26 Å². The number of aldehydes is 1. The first-order chi connectivity index (χ1) is 6.69. The van der Waals surface area contributed by atoms with Crippen LogP contribution in [0.5, 0.6) is 0 Å². The van der Waals surface area contributed by atoms with Gasteiger partial charge in [-0.2, -0.15) is 0 Å². The predicted octanol–water partition coefficient (Wildman–Crippen LogP) is 2.63. The first-order valence-electron chi connectivity index (χ1n) is 5.22. The normalized spacial score (nSPS) is 22.5. The first kappa shape index (κ1) is 11.0. The van der Waals surface area contributed by atoms with Crippen LogP contribution in [0.4, 0.5) is 0 Å². The van der Waals surface area contributed by atoms with E-state index in [0.717, 1.165) is 37.5 Å². The van der Waals surface area contributed by atoms with Crippen LogP contribution in [0.25, 0.3) is 0 Å². The molecule has 0 fully saturated rings. The Kier molecular flexibility index (Phi) is 3.94. The van der Waals surface area contributed by atoms with E-state index in [4.69, 9.17) is 5.26 Å². The molecular formula is C11H16BNO. The lowest BCUT2D eigenvalue weighted by Crippen LogP contribution is -2.15. The fourth-order valence-electron chi connectivity index (χ4n) is 2.03. The summed E-state index contributed by atoms with van der Waals surface area (Å²) in [5, 5.41) is 8.85.